The summed E-state index contributed by atoms with van der Waals surface area (Å²) in [5, 5.41) is 32.6. The minimum Gasteiger partial charge on any atom is -0.481 e. The first kappa shape index (κ1) is 35.6. The second-order valence-electron chi connectivity index (χ2n) is 6.37. The summed E-state index contributed by atoms with van der Waals surface area (Å²) in [6.45, 7) is 2.17. The van der Waals surface area contributed by atoms with Crippen molar-refractivity contribution in [3.8, 4) is 11.1 Å². The van der Waals surface area contributed by atoms with E-state index in [0.717, 1.165) is 25.0 Å². The number of aromatic nitrogens is 4. The molecule has 13 heteroatoms. The number of nitrogens with zero attached hydrogens (tertiary/aromatic N) is 4. The topological polar surface area (TPSA) is 167 Å². The summed E-state index contributed by atoms with van der Waals surface area (Å²) in [6, 6.07) is 18.7. The number of halogens is 1. The number of hydrogen-bond acceptors (Lipinski definition) is 8. The first-order valence-electron chi connectivity index (χ1n) is 10.1. The van der Waals surface area contributed by atoms with Gasteiger partial charge in [0.05, 0.1) is 5.02 Å². The Bertz CT molecular complexity index is 1050. The SMILES string of the molecule is CC(=O)O.CC(=O)O.Clc1cncnc1.OB(O)c1ccccc1.[Pd].c1ccc(-c2cncnc2)cc1. The molecule has 0 aliphatic heterocycles. The minimum absolute atomic E-state index is 0. The van der Waals surface area contributed by atoms with E-state index in [0.29, 0.717) is 10.5 Å². The molecule has 0 radical (unpaired) electrons. The van der Waals surface area contributed by atoms with Crippen molar-refractivity contribution in [1.82, 2.24) is 19.9 Å². The molecule has 4 aromatic rings. The molecule has 0 amide bonds. The Morgan fingerprint density at radius 1 is 0.676 bits per heavy atom. The number of carboxylic acids is 2. The van der Waals surface area contributed by atoms with Crippen molar-refractivity contribution >= 4 is 36.1 Å². The Hall–Kier alpha value is -3.52. The van der Waals surface area contributed by atoms with Crippen LogP contribution in [0.5, 0.6) is 0 Å². The van der Waals surface area contributed by atoms with Gasteiger partial charge >= 0.3 is 7.12 Å². The number of benzene rings is 2. The van der Waals surface area contributed by atoms with Crippen LogP contribution >= 0.6 is 11.6 Å². The van der Waals surface area contributed by atoms with Crippen LogP contribution < -0.4 is 5.46 Å². The van der Waals surface area contributed by atoms with Crippen LogP contribution in [0, 0.1) is 0 Å². The van der Waals surface area contributed by atoms with E-state index in [1.54, 1.807) is 24.3 Å². The van der Waals surface area contributed by atoms with Crippen molar-refractivity contribution < 1.29 is 50.3 Å². The van der Waals surface area contributed by atoms with Gasteiger partial charge in [-0.25, -0.2) is 19.9 Å². The Kier molecular flexibility index (Phi) is 22.1. The summed E-state index contributed by atoms with van der Waals surface area (Å²) in [5.41, 5.74) is 2.73. The van der Waals surface area contributed by atoms with Gasteiger partial charge in [0.2, 0.25) is 0 Å². The van der Waals surface area contributed by atoms with Crippen molar-refractivity contribution in [3.63, 3.8) is 0 Å². The van der Waals surface area contributed by atoms with Gasteiger partial charge in [-0.1, -0.05) is 72.3 Å². The smallest absolute Gasteiger partial charge is 0.481 e. The minimum atomic E-state index is -1.34. The molecule has 0 fully saturated rings. The first-order chi connectivity index (χ1) is 17.1. The number of rotatable bonds is 2. The summed E-state index contributed by atoms with van der Waals surface area (Å²) < 4.78 is 0. The fraction of sp³-hybridized carbons (Fsp3) is 0.0833. The van der Waals surface area contributed by atoms with Crippen LogP contribution in [0.1, 0.15) is 13.8 Å². The molecule has 2 aromatic carbocycles. The van der Waals surface area contributed by atoms with E-state index in [4.69, 9.17) is 41.5 Å². The molecule has 0 spiro atoms. The Morgan fingerprint density at radius 2 is 1.03 bits per heavy atom. The molecule has 0 aliphatic carbocycles. The van der Waals surface area contributed by atoms with Gasteiger partial charge in [-0.05, 0) is 11.0 Å². The van der Waals surface area contributed by atoms with E-state index >= 15 is 0 Å². The molecule has 4 rings (SSSR count). The van der Waals surface area contributed by atoms with Crippen LogP contribution in [0.3, 0.4) is 0 Å². The molecule has 0 unspecified atom stereocenters. The van der Waals surface area contributed by atoms with E-state index < -0.39 is 19.1 Å². The van der Waals surface area contributed by atoms with Crippen molar-refractivity contribution in [2.75, 3.05) is 0 Å². The second kappa shape index (κ2) is 22.9. The van der Waals surface area contributed by atoms with Crippen LogP contribution in [0.4, 0.5) is 0 Å². The van der Waals surface area contributed by atoms with Crippen molar-refractivity contribution in [2.45, 2.75) is 13.8 Å². The Labute approximate surface area is 233 Å². The van der Waals surface area contributed by atoms with Gasteiger partial charge in [0.1, 0.15) is 12.7 Å². The normalized spacial score (nSPS) is 8.35. The van der Waals surface area contributed by atoms with Gasteiger partial charge < -0.3 is 20.3 Å². The molecule has 0 bridgehead atoms. The summed E-state index contributed by atoms with van der Waals surface area (Å²) in [5.74, 6) is -1.67. The molecule has 0 saturated heterocycles. The molecule has 0 atom stereocenters. The zero-order chi connectivity index (χ0) is 27.2. The van der Waals surface area contributed by atoms with Crippen molar-refractivity contribution in [3.05, 3.63) is 103 Å². The summed E-state index contributed by atoms with van der Waals surface area (Å²) in [6.07, 6.45) is 9.66. The van der Waals surface area contributed by atoms with Crippen LogP contribution in [0.15, 0.2) is 98.1 Å². The zero-order valence-electron chi connectivity index (χ0n) is 19.9. The molecule has 198 valence electrons. The molecule has 37 heavy (non-hydrogen) atoms. The van der Waals surface area contributed by atoms with Gasteiger partial charge in [-0.2, -0.15) is 0 Å². The predicted molar refractivity (Wildman–Crippen MR) is 137 cm³/mol. The van der Waals surface area contributed by atoms with E-state index in [-0.39, 0.29) is 20.4 Å². The second-order valence-corrected chi connectivity index (χ2v) is 6.81. The molecular formula is C24H26BClN4O6Pd. The quantitative estimate of drug-likeness (QED) is 0.245. The molecule has 2 aromatic heterocycles. The third kappa shape index (κ3) is 22.7. The standard InChI is InChI=1S/C10H8N2.C6H7BO2.C4H3ClN2.2C2H4O2.Pd/c1-2-4-9(5-3-1)10-6-11-8-12-7-10;8-7(9)6-4-2-1-3-5-6;5-4-1-6-3-7-2-4;2*1-2(3)4;/h1-8H;1-5,8-9H;1-3H;2*1H3,(H,3,4);. The largest absolute Gasteiger partial charge is 0.488 e. The first-order valence-corrected chi connectivity index (χ1v) is 10.5. The van der Waals surface area contributed by atoms with E-state index in [9.17, 15) is 0 Å². The van der Waals surface area contributed by atoms with Crippen LogP contribution in [0.25, 0.3) is 11.1 Å². The summed E-state index contributed by atoms with van der Waals surface area (Å²) in [4.78, 5) is 33.2. The average Bonchev–Trinajstić information content (AvgIpc) is 2.86. The van der Waals surface area contributed by atoms with Gasteiger partial charge in [0.25, 0.3) is 11.9 Å². The maximum atomic E-state index is 9.00. The maximum absolute atomic E-state index is 9.00. The fourth-order valence-electron chi connectivity index (χ4n) is 1.98. The zero-order valence-corrected chi connectivity index (χ0v) is 22.2. The van der Waals surface area contributed by atoms with Gasteiger partial charge in [0.15, 0.2) is 0 Å². The molecule has 0 saturated carbocycles. The number of aliphatic carboxylic acids is 2. The molecule has 0 aliphatic rings. The maximum Gasteiger partial charge on any atom is 0.488 e. The number of hydrogen-bond donors (Lipinski definition) is 4. The fourth-order valence-corrected chi connectivity index (χ4v) is 2.10. The number of carbonyl (C=O) groups is 2. The third-order valence-corrected chi connectivity index (χ3v) is 3.49. The number of carboxylic acid groups (broad SMARTS) is 2. The summed E-state index contributed by atoms with van der Waals surface area (Å²) >= 11 is 5.41. The monoisotopic (exact) mass is 618 g/mol. The predicted octanol–water partition coefficient (Wildman–Crippen LogP) is 2.82. The average molecular weight is 619 g/mol. The summed E-state index contributed by atoms with van der Waals surface area (Å²) in [7, 11) is -1.34. The van der Waals surface area contributed by atoms with Gasteiger partial charge in [0, 0.05) is 64.6 Å². The van der Waals surface area contributed by atoms with E-state index in [1.807, 2.05) is 48.8 Å². The van der Waals surface area contributed by atoms with Crippen molar-refractivity contribution in [2.24, 2.45) is 0 Å². The van der Waals surface area contributed by atoms with Crippen LogP contribution in [-0.2, 0) is 30.0 Å². The van der Waals surface area contributed by atoms with Gasteiger partial charge in [-0.3, -0.25) is 9.59 Å². The van der Waals surface area contributed by atoms with E-state index in [2.05, 4.69) is 19.9 Å². The molecule has 2 heterocycles. The Morgan fingerprint density at radius 3 is 1.32 bits per heavy atom. The van der Waals surface area contributed by atoms with Crippen LogP contribution in [0.2, 0.25) is 5.02 Å². The Balaban J connectivity index is 0. The van der Waals surface area contributed by atoms with Gasteiger partial charge in [-0.15, -0.1) is 0 Å². The molecule has 10 nitrogen and oxygen atoms in total. The molecular weight excluding hydrogens is 593 g/mol. The van der Waals surface area contributed by atoms with E-state index in [1.165, 1.54) is 25.0 Å². The van der Waals surface area contributed by atoms with Crippen molar-refractivity contribution in [1.29, 1.82) is 0 Å². The molecule has 4 N–H and O–H groups in total. The third-order valence-electron chi connectivity index (χ3n) is 3.29. The van der Waals surface area contributed by atoms with Crippen LogP contribution in [-0.4, -0.2) is 59.3 Å².